The lowest BCUT2D eigenvalue weighted by atomic mass is 10.2. The van der Waals surface area contributed by atoms with Gasteiger partial charge in [0, 0.05) is 0 Å². The Morgan fingerprint density at radius 2 is 1.50 bits per heavy atom. The summed E-state index contributed by atoms with van der Waals surface area (Å²) in [6.45, 7) is 0. The van der Waals surface area contributed by atoms with Crippen molar-refractivity contribution >= 4 is 34.9 Å². The summed E-state index contributed by atoms with van der Waals surface area (Å²) in [5.41, 5.74) is -4.51. The van der Waals surface area contributed by atoms with Gasteiger partial charge >= 0.3 is 11.3 Å². The number of benzene rings is 1. The molecule has 0 aliphatic heterocycles. The highest BCUT2D eigenvalue weighted by Gasteiger charge is 2.20. The Balaban J connectivity index is 2.76. The van der Waals surface area contributed by atoms with Crippen LogP contribution in [0.15, 0.2) is 18.4 Å². The lowest BCUT2D eigenvalue weighted by Crippen LogP contribution is -2.31. The van der Waals surface area contributed by atoms with Gasteiger partial charge in [-0.25, -0.2) is 32.7 Å². The topological polar surface area (TPSA) is 109 Å². The summed E-state index contributed by atoms with van der Waals surface area (Å²) in [7, 11) is 0. The Bertz CT molecular complexity index is 1100. The number of aromatic nitrogens is 2. The predicted molar refractivity (Wildman–Crippen MR) is 64.5 cm³/mol. The second-order valence-corrected chi connectivity index (χ2v) is 3.95. The van der Waals surface area contributed by atoms with Crippen LogP contribution in [0.4, 0.5) is 8.78 Å². The van der Waals surface area contributed by atoms with E-state index in [4.69, 9.17) is 5.41 Å². The summed E-state index contributed by atoms with van der Waals surface area (Å²) in [6.07, 6.45) is 0. The van der Waals surface area contributed by atoms with Crippen LogP contribution in [0.2, 0.25) is 0 Å². The van der Waals surface area contributed by atoms with Crippen molar-refractivity contribution in [1.29, 1.82) is 5.41 Å². The van der Waals surface area contributed by atoms with Gasteiger partial charge in [0.05, 0.1) is 0 Å². The van der Waals surface area contributed by atoms with Crippen LogP contribution in [-0.4, -0.2) is 9.97 Å². The van der Waals surface area contributed by atoms with Crippen molar-refractivity contribution in [2.75, 3.05) is 0 Å². The van der Waals surface area contributed by atoms with E-state index in [0.717, 1.165) is 0 Å². The van der Waals surface area contributed by atoms with Crippen LogP contribution in [0, 0.1) is 17.0 Å². The van der Waals surface area contributed by atoms with Crippen molar-refractivity contribution in [3.05, 3.63) is 43.2 Å². The molecule has 0 radical (unpaired) electrons. The average molecular weight is 296 g/mol. The number of rotatable bonds is 0. The van der Waals surface area contributed by atoms with Crippen LogP contribution in [-0.2, 0) is 0 Å². The maximum absolute atomic E-state index is 14.0. The molecule has 20 heavy (non-hydrogen) atoms. The van der Waals surface area contributed by atoms with Crippen LogP contribution < -0.4 is 22.0 Å². The molecule has 0 fully saturated rings. The Morgan fingerprint density at radius 1 is 1.00 bits per heavy atom. The van der Waals surface area contributed by atoms with Gasteiger partial charge in [-0.3, -0.25) is 5.41 Å². The van der Waals surface area contributed by atoms with Gasteiger partial charge in [0.1, 0.15) is 21.7 Å². The number of nitrogens with one attached hydrogen (secondary N) is 1. The number of halogens is 2. The van der Waals surface area contributed by atoms with E-state index in [-0.39, 0.29) is 0 Å². The quantitative estimate of drug-likeness (QED) is 0.542. The molecule has 0 atom stereocenters. The number of nitrogens with zero attached hydrogens (tertiary/aromatic N) is 3. The van der Waals surface area contributed by atoms with Crippen molar-refractivity contribution in [3.8, 4) is 0 Å². The smallest absolute Gasteiger partial charge is 0.367 e. The fourth-order valence-corrected chi connectivity index (χ4v) is 1.93. The molecule has 1 N–H and O–H groups in total. The van der Waals surface area contributed by atoms with Crippen molar-refractivity contribution in [2.24, 2.45) is 4.40 Å². The van der Waals surface area contributed by atoms with Crippen LogP contribution in [0.1, 0.15) is 0 Å². The van der Waals surface area contributed by atoms with Crippen molar-refractivity contribution in [2.45, 2.75) is 0 Å². The molecular weight excluding hydrogens is 294 g/mol. The highest BCUT2D eigenvalue weighted by atomic mass is 32.1. The van der Waals surface area contributed by atoms with Gasteiger partial charge < -0.3 is 4.42 Å². The number of furan rings is 1. The molecule has 0 aliphatic carbocycles. The van der Waals surface area contributed by atoms with Gasteiger partial charge in [-0.1, -0.05) is 0 Å². The fraction of sp³-hybridized carbons (Fsp3) is 0. The minimum Gasteiger partial charge on any atom is -0.383 e. The van der Waals surface area contributed by atoms with Gasteiger partial charge in [0.15, 0.2) is 22.7 Å². The summed E-state index contributed by atoms with van der Waals surface area (Å²) >= 11 is 3.44. The first kappa shape index (κ1) is 12.5. The van der Waals surface area contributed by atoms with Gasteiger partial charge in [-0.15, -0.1) is 0 Å². The maximum atomic E-state index is 14.0. The van der Waals surface area contributed by atoms with Gasteiger partial charge in [-0.05, 0) is 12.8 Å². The monoisotopic (exact) mass is 296 g/mol. The molecule has 0 saturated heterocycles. The second kappa shape index (κ2) is 4.00. The van der Waals surface area contributed by atoms with E-state index in [0.29, 0.717) is 0 Å². The zero-order valence-corrected chi connectivity index (χ0v) is 10.2. The molecule has 0 aliphatic rings. The number of thiol groups is 1. The number of hydrogen-bond donors (Lipinski definition) is 2. The molecule has 10 heteroatoms. The molecule has 100 valence electrons. The standard InChI is InChI=1S/C10H2F2N4O3S/c11-1-3(13)4(16-20)2(12)6-5(1)14-7-8(15-6)10(18)19-9(7)17/h13,20H/b13-3?,16-4-. The van der Waals surface area contributed by atoms with E-state index in [1.807, 2.05) is 0 Å². The van der Waals surface area contributed by atoms with Gasteiger partial charge in [0.2, 0.25) is 0 Å². The van der Waals surface area contributed by atoms with Crippen LogP contribution >= 0.6 is 12.8 Å². The minimum atomic E-state index is -1.23. The number of hydrogen-bond acceptors (Lipinski definition) is 8. The molecule has 0 saturated carbocycles. The molecule has 7 nitrogen and oxygen atoms in total. The largest absolute Gasteiger partial charge is 0.383 e. The summed E-state index contributed by atoms with van der Waals surface area (Å²) < 4.78 is 35.4. The SMILES string of the molecule is N=c1c(F)c2nc3c(=O)oc(=O)c3nc2c(F)/c1=N/S. The maximum Gasteiger partial charge on any atom is 0.367 e. The van der Waals surface area contributed by atoms with E-state index < -0.39 is 55.7 Å². The highest BCUT2D eigenvalue weighted by molar-refractivity contribution is 7.78. The van der Waals surface area contributed by atoms with E-state index in [1.165, 1.54) is 0 Å². The molecule has 2 heterocycles. The fourth-order valence-electron chi connectivity index (χ4n) is 1.75. The zero-order valence-electron chi connectivity index (χ0n) is 9.27. The third kappa shape index (κ3) is 1.45. The summed E-state index contributed by atoms with van der Waals surface area (Å²) in [5, 5.41) is 5.84. The lowest BCUT2D eigenvalue weighted by Gasteiger charge is -2.00. The minimum absolute atomic E-state index is 0.511. The number of fused-ring (bicyclic) bond motifs is 2. The van der Waals surface area contributed by atoms with E-state index in [2.05, 4.69) is 31.6 Å². The molecular formula is C10H2F2N4O3S. The lowest BCUT2D eigenvalue weighted by molar-refractivity contribution is 0.498. The predicted octanol–water partition coefficient (Wildman–Crippen LogP) is -0.525. The summed E-state index contributed by atoms with van der Waals surface area (Å²) in [4.78, 5) is 29.7. The third-order valence-corrected chi connectivity index (χ3v) is 2.85. The van der Waals surface area contributed by atoms with Crippen LogP contribution in [0.3, 0.4) is 0 Å². The zero-order chi connectivity index (χ0) is 14.6. The van der Waals surface area contributed by atoms with Gasteiger partial charge in [-0.2, -0.15) is 0 Å². The summed E-state index contributed by atoms with van der Waals surface area (Å²) in [6, 6.07) is 0. The second-order valence-electron chi connectivity index (χ2n) is 3.75. The third-order valence-electron chi connectivity index (χ3n) is 2.65. The van der Waals surface area contributed by atoms with Crippen molar-refractivity contribution in [1.82, 2.24) is 9.97 Å². The average Bonchev–Trinajstić information content (AvgIpc) is 2.70. The first-order valence-electron chi connectivity index (χ1n) is 5.01. The molecule has 3 rings (SSSR count). The molecule has 0 amide bonds. The Kier molecular flexibility index (Phi) is 2.51. The Labute approximate surface area is 112 Å². The van der Waals surface area contributed by atoms with E-state index >= 15 is 0 Å². The molecule has 2 aromatic heterocycles. The van der Waals surface area contributed by atoms with Crippen LogP contribution in [0.25, 0.3) is 22.1 Å². The first-order valence-corrected chi connectivity index (χ1v) is 5.41. The molecule has 3 aromatic rings. The Hall–Kier alpha value is -2.49. The molecule has 0 unspecified atom stereocenters. The molecule has 0 spiro atoms. The Morgan fingerprint density at radius 3 is 2.00 bits per heavy atom. The highest BCUT2D eigenvalue weighted by Crippen LogP contribution is 2.14. The molecule has 0 bridgehead atoms. The van der Waals surface area contributed by atoms with Crippen LogP contribution in [0.5, 0.6) is 0 Å². The normalized spacial score (nSPS) is 12.7. The first-order chi connectivity index (χ1) is 9.45. The van der Waals surface area contributed by atoms with E-state index in [9.17, 15) is 18.4 Å². The van der Waals surface area contributed by atoms with Crippen molar-refractivity contribution in [3.63, 3.8) is 0 Å². The van der Waals surface area contributed by atoms with Gasteiger partial charge in [0.25, 0.3) is 0 Å². The van der Waals surface area contributed by atoms with Crippen molar-refractivity contribution < 1.29 is 13.2 Å². The molecule has 1 aromatic carbocycles. The summed E-state index contributed by atoms with van der Waals surface area (Å²) in [5.74, 6) is -2.39. The van der Waals surface area contributed by atoms with E-state index in [1.54, 1.807) is 0 Å².